The van der Waals surface area contributed by atoms with Crippen molar-refractivity contribution >= 4 is 35.6 Å². The van der Waals surface area contributed by atoms with Crippen molar-refractivity contribution in [3.8, 4) is 0 Å². The van der Waals surface area contributed by atoms with Crippen LogP contribution in [-0.2, 0) is 9.59 Å². The fourth-order valence-electron chi connectivity index (χ4n) is 3.75. The minimum absolute atomic E-state index is 0. The molecule has 0 saturated carbocycles. The van der Waals surface area contributed by atoms with Crippen LogP contribution in [0.1, 0.15) is 13.8 Å². The number of nitrogens with zero attached hydrogens (tertiary/aromatic N) is 3. The van der Waals surface area contributed by atoms with Crippen molar-refractivity contribution in [2.75, 3.05) is 27.2 Å². The molecule has 0 aromatic heterocycles. The van der Waals surface area contributed by atoms with Crippen molar-refractivity contribution in [2.45, 2.75) is 31.2 Å². The van der Waals surface area contributed by atoms with Crippen LogP contribution in [0.4, 0.5) is 4.79 Å². The fourth-order valence-corrected chi connectivity index (χ4v) is 5.07. The van der Waals surface area contributed by atoms with Gasteiger partial charge in [0.2, 0.25) is 5.91 Å². The number of aliphatic hydroxyl groups is 1. The van der Waals surface area contributed by atoms with Gasteiger partial charge in [-0.25, -0.2) is 4.79 Å². The number of aliphatic carboxylic acids is 1. The molecule has 1 saturated heterocycles. The Bertz CT molecular complexity index is 771. The molecule has 0 spiro atoms. The topological polar surface area (TPSA) is 137 Å². The van der Waals surface area contributed by atoms with Crippen LogP contribution in [0.2, 0.25) is 0 Å². The summed E-state index contributed by atoms with van der Waals surface area (Å²) in [6, 6.07) is -0.659. The minimum atomic E-state index is -1.39. The number of aliphatic imine (C=N–C) groups is 1. The molecule has 1 fully saturated rings. The summed E-state index contributed by atoms with van der Waals surface area (Å²) in [6.45, 7) is 4.27. The van der Waals surface area contributed by atoms with Gasteiger partial charge in [-0.15, -0.1) is 11.8 Å². The largest absolute Gasteiger partial charge is 1.00 e. The van der Waals surface area contributed by atoms with Crippen LogP contribution in [0, 0.1) is 11.8 Å². The number of hydrogen-bond acceptors (Lipinski definition) is 8. The number of nitrogens with one attached hydrogen (secondary N) is 2. The number of urea groups is 1. The maximum absolute atomic E-state index is 12.3. The van der Waals surface area contributed by atoms with E-state index in [1.54, 1.807) is 21.0 Å². The van der Waals surface area contributed by atoms with E-state index < -0.39 is 18.0 Å². The Balaban J connectivity index is 0.00000300. The van der Waals surface area contributed by atoms with Crippen LogP contribution in [0.3, 0.4) is 0 Å². The number of rotatable bonds is 4. The van der Waals surface area contributed by atoms with Crippen molar-refractivity contribution in [3.05, 3.63) is 10.6 Å². The Morgan fingerprint density at radius 1 is 1.45 bits per heavy atom. The van der Waals surface area contributed by atoms with Gasteiger partial charge in [-0.1, -0.05) is 6.92 Å². The Morgan fingerprint density at radius 2 is 2.10 bits per heavy atom. The Labute approximate surface area is 195 Å². The molecule has 0 aromatic carbocycles. The Hall–Kier alpha value is -1.27. The van der Waals surface area contributed by atoms with Gasteiger partial charge in [0.05, 0.1) is 36.3 Å². The van der Waals surface area contributed by atoms with E-state index in [-0.39, 0.29) is 64.4 Å². The van der Waals surface area contributed by atoms with Crippen molar-refractivity contribution in [1.29, 1.82) is 0 Å². The predicted octanol–water partition coefficient (Wildman–Crippen LogP) is -4.86. The monoisotopic (exact) mass is 433 g/mol. The normalized spacial score (nSPS) is 29.1. The van der Waals surface area contributed by atoms with Crippen LogP contribution in [0.15, 0.2) is 15.6 Å². The third-order valence-electron chi connectivity index (χ3n) is 5.18. The SMILES string of the molecule is C[C@@H](O)[C@H]1C(=O)N2C(C(=O)[O-])=C(SC3CN=C(NC(=O)N(C)C)NC3)[C@H](C)[C@H]12.[Na+]. The molecule has 29 heavy (non-hydrogen) atoms. The Kier molecular flexibility index (Phi) is 7.66. The second-order valence-corrected chi connectivity index (χ2v) is 8.73. The summed E-state index contributed by atoms with van der Waals surface area (Å²) in [5.74, 6) is -2.21. The average Bonchev–Trinajstić information content (AvgIpc) is 2.85. The predicted molar refractivity (Wildman–Crippen MR) is 101 cm³/mol. The van der Waals surface area contributed by atoms with Crippen LogP contribution in [-0.4, -0.2) is 83.4 Å². The average molecular weight is 433 g/mol. The first-order chi connectivity index (χ1) is 13.1. The van der Waals surface area contributed by atoms with E-state index in [0.717, 1.165) is 0 Å². The summed E-state index contributed by atoms with van der Waals surface area (Å²) in [5, 5.41) is 27.2. The second kappa shape index (κ2) is 9.25. The number of guanidine groups is 1. The first-order valence-corrected chi connectivity index (χ1v) is 9.91. The number of carbonyl (C=O) groups excluding carboxylic acids is 3. The van der Waals surface area contributed by atoms with E-state index in [9.17, 15) is 24.6 Å². The quantitative estimate of drug-likeness (QED) is 0.299. The summed E-state index contributed by atoms with van der Waals surface area (Å²) < 4.78 is 0. The maximum Gasteiger partial charge on any atom is 1.00 e. The van der Waals surface area contributed by atoms with Crippen molar-refractivity contribution in [1.82, 2.24) is 20.4 Å². The van der Waals surface area contributed by atoms with E-state index >= 15 is 0 Å². The summed E-state index contributed by atoms with van der Waals surface area (Å²) in [6.07, 6.45) is -0.840. The number of β-lactam (4-membered cyclic amide) rings is 1. The molecule has 0 aromatic rings. The van der Waals surface area contributed by atoms with Crippen LogP contribution in [0.5, 0.6) is 0 Å². The molecule has 5 atom stereocenters. The number of thioether (sulfide) groups is 1. The molecule has 3 aliphatic heterocycles. The molecule has 3 aliphatic rings. The molecule has 154 valence electrons. The van der Waals surface area contributed by atoms with Gasteiger partial charge in [-0.05, 0) is 6.92 Å². The molecule has 0 bridgehead atoms. The maximum atomic E-state index is 12.3. The molecule has 10 nitrogen and oxygen atoms in total. The summed E-state index contributed by atoms with van der Waals surface area (Å²) in [7, 11) is 3.25. The molecule has 3 N–H and O–H groups in total. The van der Waals surface area contributed by atoms with Crippen molar-refractivity contribution < 1.29 is 54.2 Å². The summed E-state index contributed by atoms with van der Waals surface area (Å²) in [5.41, 5.74) is -0.0971. The third kappa shape index (κ3) is 4.43. The first-order valence-electron chi connectivity index (χ1n) is 9.03. The van der Waals surface area contributed by atoms with Gasteiger partial charge in [-0.2, -0.15) is 0 Å². The zero-order valence-electron chi connectivity index (χ0n) is 17.1. The number of amides is 3. The minimum Gasteiger partial charge on any atom is -0.543 e. The molecular formula is C17H24N5NaO5S. The van der Waals surface area contributed by atoms with Gasteiger partial charge < -0.3 is 30.1 Å². The van der Waals surface area contributed by atoms with Crippen molar-refractivity contribution in [3.63, 3.8) is 0 Å². The zero-order valence-corrected chi connectivity index (χ0v) is 19.9. The van der Waals surface area contributed by atoms with Gasteiger partial charge in [-0.3, -0.25) is 15.1 Å². The van der Waals surface area contributed by atoms with E-state index in [0.29, 0.717) is 24.0 Å². The number of carboxylic acid groups (broad SMARTS) is 1. The zero-order chi connectivity index (χ0) is 20.7. The molecular weight excluding hydrogens is 409 g/mol. The van der Waals surface area contributed by atoms with Crippen LogP contribution in [0.25, 0.3) is 0 Å². The number of aliphatic hydroxyl groups excluding tert-OH is 1. The number of hydrogen-bond donors (Lipinski definition) is 3. The van der Waals surface area contributed by atoms with Gasteiger partial charge in [0.15, 0.2) is 5.96 Å². The van der Waals surface area contributed by atoms with E-state index in [4.69, 9.17) is 0 Å². The van der Waals surface area contributed by atoms with E-state index in [1.807, 2.05) is 6.92 Å². The Morgan fingerprint density at radius 3 is 2.59 bits per heavy atom. The van der Waals surface area contributed by atoms with E-state index in [2.05, 4.69) is 15.6 Å². The van der Waals surface area contributed by atoms with Crippen LogP contribution >= 0.6 is 11.8 Å². The molecule has 0 radical (unpaired) electrons. The number of carboxylic acids is 1. The summed E-state index contributed by atoms with van der Waals surface area (Å²) >= 11 is 1.35. The standard InChI is InChI=1S/C17H25N5O5S.Na/c1-7-11-10(8(2)23)14(24)22(11)12(15(25)26)13(7)28-9-5-18-16(19-6-9)20-17(27)21(3)4;/h7-11,23H,5-6H2,1-4H3,(H,25,26)(H2,18,19,20,27);/q;+1/p-1/t7-,8-,10-,11-;/m1./s1. The molecule has 3 rings (SSSR count). The first kappa shape index (κ1) is 24.0. The van der Waals surface area contributed by atoms with Gasteiger partial charge in [0.25, 0.3) is 0 Å². The molecule has 12 heteroatoms. The summed E-state index contributed by atoms with van der Waals surface area (Å²) in [4.78, 5) is 43.2. The molecule has 3 amide bonds. The van der Waals surface area contributed by atoms with E-state index in [1.165, 1.54) is 21.6 Å². The second-order valence-electron chi connectivity index (χ2n) is 7.39. The van der Waals surface area contributed by atoms with Crippen LogP contribution < -0.4 is 45.3 Å². The number of fused-ring (bicyclic) bond motifs is 1. The molecule has 3 heterocycles. The smallest absolute Gasteiger partial charge is 0.543 e. The van der Waals surface area contributed by atoms with Gasteiger partial charge in [0.1, 0.15) is 0 Å². The van der Waals surface area contributed by atoms with Gasteiger partial charge in [0, 0.05) is 36.7 Å². The van der Waals surface area contributed by atoms with Gasteiger partial charge >= 0.3 is 35.6 Å². The fraction of sp³-hybridized carbons (Fsp3) is 0.647. The number of carbonyl (C=O) groups is 3. The van der Waals surface area contributed by atoms with Crippen molar-refractivity contribution in [2.24, 2.45) is 16.8 Å². The third-order valence-corrected chi connectivity index (χ3v) is 6.65. The molecule has 0 aliphatic carbocycles. The molecule has 1 unspecified atom stereocenters.